The number of hydrogen-bond donors (Lipinski definition) is 0. The van der Waals surface area contributed by atoms with Crippen LogP contribution in [0.25, 0.3) is 78.0 Å². The lowest BCUT2D eigenvalue weighted by Crippen LogP contribution is -2.00. The first-order valence-electron chi connectivity index (χ1n) is 13.6. The van der Waals surface area contributed by atoms with E-state index in [9.17, 15) is 0 Å². The van der Waals surface area contributed by atoms with E-state index in [0.29, 0.717) is 17.5 Å². The van der Waals surface area contributed by atoms with E-state index in [1.54, 1.807) is 0 Å². The molecule has 0 saturated heterocycles. The molecule has 0 fully saturated rings. The molecule has 0 radical (unpaired) electrons. The lowest BCUT2D eigenvalue weighted by molar-refractivity contribution is 0.672. The average molecular weight is 526 g/mol. The van der Waals surface area contributed by atoms with E-state index in [0.717, 1.165) is 55.0 Å². The van der Waals surface area contributed by atoms with Gasteiger partial charge in [0.1, 0.15) is 11.2 Å². The monoisotopic (exact) mass is 525 g/mol. The first-order valence-corrected chi connectivity index (χ1v) is 13.6. The van der Waals surface area contributed by atoms with E-state index >= 15 is 0 Å². The van der Waals surface area contributed by atoms with Gasteiger partial charge in [-0.05, 0) is 34.7 Å². The number of benzene rings is 6. The highest BCUT2D eigenvalue weighted by molar-refractivity contribution is 6.15. The number of para-hydroxylation sites is 1. The van der Waals surface area contributed by atoms with E-state index in [2.05, 4.69) is 84.9 Å². The maximum absolute atomic E-state index is 6.34. The predicted molar refractivity (Wildman–Crippen MR) is 166 cm³/mol. The summed E-state index contributed by atoms with van der Waals surface area (Å²) >= 11 is 0. The number of hydrogen-bond acceptors (Lipinski definition) is 4. The molecule has 0 aliphatic rings. The normalized spacial score (nSPS) is 11.4. The Morgan fingerprint density at radius 3 is 1.61 bits per heavy atom. The number of furan rings is 1. The molecule has 4 heteroatoms. The molecule has 0 unspecified atom stereocenters. The number of fused-ring (bicyclic) bond motifs is 5. The highest BCUT2D eigenvalue weighted by atomic mass is 16.3. The molecule has 0 aliphatic heterocycles. The summed E-state index contributed by atoms with van der Waals surface area (Å²) in [5.41, 5.74) is 6.87. The molecule has 8 aromatic rings. The largest absolute Gasteiger partial charge is 0.455 e. The molecule has 0 N–H and O–H groups in total. The summed E-state index contributed by atoms with van der Waals surface area (Å²) in [5.74, 6) is 1.89. The minimum absolute atomic E-state index is 0.621. The van der Waals surface area contributed by atoms with Crippen LogP contribution in [0.5, 0.6) is 0 Å². The van der Waals surface area contributed by atoms with Crippen molar-refractivity contribution < 1.29 is 4.42 Å². The molecule has 4 nitrogen and oxygen atoms in total. The van der Waals surface area contributed by atoms with Crippen molar-refractivity contribution in [3.8, 4) is 45.3 Å². The van der Waals surface area contributed by atoms with E-state index in [1.807, 2.05) is 54.6 Å². The van der Waals surface area contributed by atoms with Gasteiger partial charge in [0.15, 0.2) is 17.5 Å². The van der Waals surface area contributed by atoms with Gasteiger partial charge < -0.3 is 4.42 Å². The van der Waals surface area contributed by atoms with E-state index in [4.69, 9.17) is 19.4 Å². The maximum Gasteiger partial charge on any atom is 0.164 e. The third-order valence-electron chi connectivity index (χ3n) is 7.54. The lowest BCUT2D eigenvalue weighted by Gasteiger charge is -2.10. The van der Waals surface area contributed by atoms with Crippen LogP contribution in [0, 0.1) is 0 Å². The first-order chi connectivity index (χ1) is 20.3. The molecular weight excluding hydrogens is 502 g/mol. The van der Waals surface area contributed by atoms with Crippen LogP contribution < -0.4 is 0 Å². The second kappa shape index (κ2) is 9.54. The van der Waals surface area contributed by atoms with Gasteiger partial charge in [0, 0.05) is 32.8 Å². The molecule has 0 spiro atoms. The van der Waals surface area contributed by atoms with Gasteiger partial charge in [-0.2, -0.15) is 0 Å². The Bertz CT molecular complexity index is 2180. The molecule has 41 heavy (non-hydrogen) atoms. The van der Waals surface area contributed by atoms with Gasteiger partial charge in [-0.25, -0.2) is 15.0 Å². The van der Waals surface area contributed by atoms with Crippen molar-refractivity contribution in [1.82, 2.24) is 15.0 Å². The first kappa shape index (κ1) is 23.3. The summed E-state index contributed by atoms with van der Waals surface area (Å²) in [6, 6.07) is 47.6. The predicted octanol–water partition coefficient (Wildman–Crippen LogP) is 9.59. The second-order valence-electron chi connectivity index (χ2n) is 10.1. The Morgan fingerprint density at radius 1 is 0.366 bits per heavy atom. The average Bonchev–Trinajstić information content (AvgIpc) is 3.45. The van der Waals surface area contributed by atoms with Crippen molar-refractivity contribution in [2.24, 2.45) is 0 Å². The van der Waals surface area contributed by atoms with Crippen molar-refractivity contribution in [1.29, 1.82) is 0 Å². The van der Waals surface area contributed by atoms with Crippen LogP contribution in [0.2, 0.25) is 0 Å². The molecule has 192 valence electrons. The second-order valence-corrected chi connectivity index (χ2v) is 10.1. The molecule has 0 aliphatic carbocycles. The van der Waals surface area contributed by atoms with Crippen LogP contribution in [-0.2, 0) is 0 Å². The Hall–Kier alpha value is -5.61. The Balaban J connectivity index is 1.29. The zero-order valence-corrected chi connectivity index (χ0v) is 22.0. The van der Waals surface area contributed by atoms with Crippen LogP contribution >= 0.6 is 0 Å². The zero-order valence-electron chi connectivity index (χ0n) is 22.0. The van der Waals surface area contributed by atoms with E-state index < -0.39 is 0 Å². The van der Waals surface area contributed by atoms with Crippen molar-refractivity contribution in [2.75, 3.05) is 0 Å². The van der Waals surface area contributed by atoms with Gasteiger partial charge in [0.05, 0.1) is 0 Å². The lowest BCUT2D eigenvalue weighted by atomic mass is 10.0. The Kier molecular flexibility index (Phi) is 5.42. The third-order valence-corrected chi connectivity index (χ3v) is 7.54. The Morgan fingerprint density at radius 2 is 0.878 bits per heavy atom. The summed E-state index contributed by atoms with van der Waals surface area (Å²) in [5, 5.41) is 4.36. The highest BCUT2D eigenvalue weighted by Crippen LogP contribution is 2.36. The van der Waals surface area contributed by atoms with Gasteiger partial charge in [0.2, 0.25) is 0 Å². The van der Waals surface area contributed by atoms with Crippen LogP contribution in [0.1, 0.15) is 0 Å². The van der Waals surface area contributed by atoms with Gasteiger partial charge >= 0.3 is 0 Å². The molecule has 0 bridgehead atoms. The van der Waals surface area contributed by atoms with Crippen LogP contribution in [0.4, 0.5) is 0 Å². The molecule has 0 amide bonds. The Labute approximate surface area is 236 Å². The zero-order chi connectivity index (χ0) is 27.2. The standard InChI is InChI=1S/C37H23N3O/c1-3-9-24(10-4-1)25-15-18-28(19-16-25)36-38-35(27-11-5-2-6-12-27)39-37(40-36)29-20-17-26-21-22-31-30-13-7-8-14-33(30)41-34(31)32(26)23-29/h1-23H. The fourth-order valence-corrected chi connectivity index (χ4v) is 5.43. The SMILES string of the molecule is c1ccc(-c2ccc(-c3nc(-c4ccccc4)nc(-c4ccc5ccc6c7ccccc7oc6c5c4)n3)cc2)cc1. The van der Waals surface area contributed by atoms with Gasteiger partial charge in [-0.3, -0.25) is 0 Å². The van der Waals surface area contributed by atoms with Crippen LogP contribution in [0.3, 0.4) is 0 Å². The highest BCUT2D eigenvalue weighted by Gasteiger charge is 2.15. The van der Waals surface area contributed by atoms with E-state index in [-0.39, 0.29) is 0 Å². The minimum Gasteiger partial charge on any atom is -0.455 e. The summed E-state index contributed by atoms with van der Waals surface area (Å²) in [6.45, 7) is 0. The van der Waals surface area contributed by atoms with E-state index in [1.165, 1.54) is 5.56 Å². The molecule has 0 atom stereocenters. The summed E-state index contributed by atoms with van der Waals surface area (Å²) in [7, 11) is 0. The topological polar surface area (TPSA) is 51.8 Å². The van der Waals surface area contributed by atoms with Gasteiger partial charge in [-0.1, -0.05) is 121 Å². The number of rotatable bonds is 4. The molecule has 2 aromatic heterocycles. The molecule has 0 saturated carbocycles. The molecule has 8 rings (SSSR count). The van der Waals surface area contributed by atoms with Gasteiger partial charge in [0.25, 0.3) is 0 Å². The van der Waals surface area contributed by atoms with Crippen molar-refractivity contribution in [3.05, 3.63) is 140 Å². The maximum atomic E-state index is 6.34. The van der Waals surface area contributed by atoms with Crippen molar-refractivity contribution in [3.63, 3.8) is 0 Å². The summed E-state index contributed by atoms with van der Waals surface area (Å²) in [4.78, 5) is 14.8. The number of aromatic nitrogens is 3. The summed E-state index contributed by atoms with van der Waals surface area (Å²) < 4.78 is 6.34. The smallest absolute Gasteiger partial charge is 0.164 e. The number of nitrogens with zero attached hydrogens (tertiary/aromatic N) is 3. The van der Waals surface area contributed by atoms with Crippen molar-refractivity contribution >= 4 is 32.7 Å². The fraction of sp³-hybridized carbons (Fsp3) is 0. The minimum atomic E-state index is 0.621. The van der Waals surface area contributed by atoms with Crippen LogP contribution in [0.15, 0.2) is 144 Å². The molecule has 6 aromatic carbocycles. The van der Waals surface area contributed by atoms with Gasteiger partial charge in [-0.15, -0.1) is 0 Å². The molecular formula is C37H23N3O. The fourth-order valence-electron chi connectivity index (χ4n) is 5.43. The third kappa shape index (κ3) is 4.14. The summed E-state index contributed by atoms with van der Waals surface area (Å²) in [6.07, 6.45) is 0. The van der Waals surface area contributed by atoms with Crippen LogP contribution in [-0.4, -0.2) is 15.0 Å². The quantitative estimate of drug-likeness (QED) is 0.230. The van der Waals surface area contributed by atoms with Crippen molar-refractivity contribution in [2.45, 2.75) is 0 Å². The molecule has 2 heterocycles.